The molecule has 4 aromatic rings. The Bertz CT molecular complexity index is 1250. The summed E-state index contributed by atoms with van der Waals surface area (Å²) in [6.45, 7) is 0.0916. The number of aromatic nitrogens is 1. The number of benzene rings is 1. The van der Waals surface area contributed by atoms with Crippen LogP contribution in [0.1, 0.15) is 21.5 Å². The van der Waals surface area contributed by atoms with Crippen LogP contribution in [0.2, 0.25) is 0 Å². The summed E-state index contributed by atoms with van der Waals surface area (Å²) >= 11 is 4.88. The van der Waals surface area contributed by atoms with Crippen molar-refractivity contribution in [3.63, 3.8) is 0 Å². The molecule has 0 bridgehead atoms. The number of ether oxygens (including phenoxy) is 1. The molecule has 0 saturated carbocycles. The molecule has 4 rings (SSSR count). The highest BCUT2D eigenvalue weighted by molar-refractivity contribution is 9.10. The van der Waals surface area contributed by atoms with Gasteiger partial charge in [0.05, 0.1) is 29.1 Å². The first-order valence-corrected chi connectivity index (χ1v) is 10.4. The zero-order chi connectivity index (χ0) is 21.1. The molecule has 3 heterocycles. The van der Waals surface area contributed by atoms with Crippen molar-refractivity contribution in [1.82, 2.24) is 4.98 Å². The minimum Gasteiger partial charge on any atom is -0.545 e. The van der Waals surface area contributed by atoms with Gasteiger partial charge in [0.15, 0.2) is 0 Å². The maximum absolute atomic E-state index is 11.0. The van der Waals surface area contributed by atoms with Crippen molar-refractivity contribution in [2.75, 3.05) is 0 Å². The molecule has 0 aliphatic heterocycles. The summed E-state index contributed by atoms with van der Waals surface area (Å²) in [5.74, 6) is -1.07. The van der Waals surface area contributed by atoms with E-state index in [0.717, 1.165) is 10.4 Å². The maximum Gasteiger partial charge on any atom is 0.233 e. The van der Waals surface area contributed by atoms with E-state index in [-0.39, 0.29) is 18.1 Å². The molecule has 1 aromatic carbocycles. The Morgan fingerprint density at radius 3 is 2.80 bits per heavy atom. The van der Waals surface area contributed by atoms with E-state index in [0.29, 0.717) is 26.9 Å². The molecule has 0 spiro atoms. The van der Waals surface area contributed by atoms with Gasteiger partial charge in [-0.3, -0.25) is 0 Å². The van der Waals surface area contributed by atoms with Crippen LogP contribution >= 0.6 is 27.3 Å². The molecule has 0 saturated heterocycles. The van der Waals surface area contributed by atoms with Crippen LogP contribution in [0, 0.1) is 11.3 Å². The second-order valence-corrected chi connectivity index (χ2v) is 8.02. The van der Waals surface area contributed by atoms with Crippen LogP contribution in [0.4, 0.5) is 0 Å². The standard InChI is InChI=1S/C22H13BrN2O4S/c23-18-8-13(22(26)27)3-4-15(18)12-29-21-17(10-24)16(14-5-6-28-11-14)9-19(25-21)20-2-1-7-30-20/h1-9,11H,12H2,(H,26,27)/p-1. The molecule has 3 aromatic heterocycles. The number of hydrogen-bond donors (Lipinski definition) is 0. The first kappa shape index (κ1) is 19.9. The number of carboxylic acid groups (broad SMARTS) is 1. The Labute approximate surface area is 184 Å². The van der Waals surface area contributed by atoms with Gasteiger partial charge in [-0.05, 0) is 35.2 Å². The molecule has 0 unspecified atom stereocenters. The number of hydrogen-bond acceptors (Lipinski definition) is 7. The summed E-state index contributed by atoms with van der Waals surface area (Å²) in [6.07, 6.45) is 3.10. The van der Waals surface area contributed by atoms with Crippen LogP contribution in [-0.4, -0.2) is 11.0 Å². The lowest BCUT2D eigenvalue weighted by Crippen LogP contribution is -2.22. The van der Waals surface area contributed by atoms with E-state index in [2.05, 4.69) is 27.0 Å². The summed E-state index contributed by atoms with van der Waals surface area (Å²) in [6, 6.07) is 14.2. The van der Waals surface area contributed by atoms with E-state index in [1.165, 1.54) is 29.7 Å². The van der Waals surface area contributed by atoms with Crippen molar-refractivity contribution in [2.45, 2.75) is 6.61 Å². The molecule has 6 nitrogen and oxygen atoms in total. The van der Waals surface area contributed by atoms with Gasteiger partial charge in [-0.2, -0.15) is 5.26 Å². The third kappa shape index (κ3) is 3.99. The Kier molecular flexibility index (Phi) is 5.65. The zero-order valence-corrected chi connectivity index (χ0v) is 17.7. The lowest BCUT2D eigenvalue weighted by Gasteiger charge is -2.13. The number of carboxylic acids is 1. The topological polar surface area (TPSA) is 99.2 Å². The first-order valence-electron chi connectivity index (χ1n) is 8.71. The molecule has 0 aliphatic rings. The summed E-state index contributed by atoms with van der Waals surface area (Å²) in [4.78, 5) is 16.5. The normalized spacial score (nSPS) is 10.5. The number of nitriles is 1. The molecule has 0 fully saturated rings. The van der Waals surface area contributed by atoms with Crippen LogP contribution < -0.4 is 9.84 Å². The molecule has 30 heavy (non-hydrogen) atoms. The lowest BCUT2D eigenvalue weighted by atomic mass is 10.0. The molecule has 8 heteroatoms. The quantitative estimate of drug-likeness (QED) is 0.399. The van der Waals surface area contributed by atoms with Gasteiger partial charge >= 0.3 is 0 Å². The molecular formula is C22H12BrN2O4S-. The second kappa shape index (κ2) is 8.53. The average Bonchev–Trinajstić information content (AvgIpc) is 3.46. The van der Waals surface area contributed by atoms with Gasteiger partial charge in [0.1, 0.15) is 18.2 Å². The van der Waals surface area contributed by atoms with Crippen LogP contribution in [-0.2, 0) is 6.61 Å². The molecular weight excluding hydrogens is 468 g/mol. The number of carbonyl (C=O) groups is 1. The zero-order valence-electron chi connectivity index (χ0n) is 15.3. The number of rotatable bonds is 6. The summed E-state index contributed by atoms with van der Waals surface area (Å²) in [7, 11) is 0. The van der Waals surface area contributed by atoms with Crippen molar-refractivity contribution in [1.29, 1.82) is 5.26 Å². The number of carbonyl (C=O) groups excluding carboxylic acids is 1. The molecule has 148 valence electrons. The van der Waals surface area contributed by atoms with E-state index in [1.807, 2.05) is 23.6 Å². The van der Waals surface area contributed by atoms with E-state index in [9.17, 15) is 15.2 Å². The van der Waals surface area contributed by atoms with Gasteiger partial charge < -0.3 is 19.1 Å². The Balaban J connectivity index is 1.74. The smallest absolute Gasteiger partial charge is 0.233 e. The van der Waals surface area contributed by atoms with E-state index in [1.54, 1.807) is 18.4 Å². The molecule has 0 atom stereocenters. The van der Waals surface area contributed by atoms with Crippen LogP contribution in [0.3, 0.4) is 0 Å². The number of thiophene rings is 1. The summed E-state index contributed by atoms with van der Waals surface area (Å²) in [5, 5.41) is 22.7. The van der Waals surface area contributed by atoms with Crippen LogP contribution in [0.15, 0.2) is 69.3 Å². The number of aromatic carboxylic acids is 1. The lowest BCUT2D eigenvalue weighted by molar-refractivity contribution is -0.255. The van der Waals surface area contributed by atoms with Crippen molar-refractivity contribution >= 4 is 33.2 Å². The number of furan rings is 1. The van der Waals surface area contributed by atoms with Gasteiger partial charge in [-0.25, -0.2) is 4.98 Å². The minimum absolute atomic E-state index is 0.0587. The number of nitrogens with zero attached hydrogens (tertiary/aromatic N) is 2. The average molecular weight is 480 g/mol. The fraction of sp³-hybridized carbons (Fsp3) is 0.0455. The highest BCUT2D eigenvalue weighted by atomic mass is 79.9. The minimum atomic E-state index is -1.26. The van der Waals surface area contributed by atoms with Gasteiger partial charge in [-0.15, -0.1) is 11.3 Å². The fourth-order valence-electron chi connectivity index (χ4n) is 2.87. The van der Waals surface area contributed by atoms with E-state index in [4.69, 9.17) is 9.15 Å². The molecule has 0 N–H and O–H groups in total. The van der Waals surface area contributed by atoms with Crippen molar-refractivity contribution < 1.29 is 19.1 Å². The van der Waals surface area contributed by atoms with E-state index >= 15 is 0 Å². The van der Waals surface area contributed by atoms with Gasteiger partial charge in [0.25, 0.3) is 0 Å². The predicted octanol–water partition coefficient (Wildman–Crippen LogP) is 4.65. The monoisotopic (exact) mass is 479 g/mol. The first-order chi connectivity index (χ1) is 14.6. The largest absolute Gasteiger partial charge is 0.545 e. The molecule has 0 radical (unpaired) electrons. The molecule has 0 amide bonds. The number of pyridine rings is 1. The van der Waals surface area contributed by atoms with Gasteiger partial charge in [-0.1, -0.05) is 34.1 Å². The molecule has 0 aliphatic carbocycles. The summed E-state index contributed by atoms with van der Waals surface area (Å²) in [5.41, 5.74) is 3.14. The van der Waals surface area contributed by atoms with Crippen LogP contribution in [0.5, 0.6) is 5.88 Å². The maximum atomic E-state index is 11.0. The van der Waals surface area contributed by atoms with Gasteiger partial charge in [0, 0.05) is 21.2 Å². The third-order valence-electron chi connectivity index (χ3n) is 4.36. The third-order valence-corrected chi connectivity index (χ3v) is 5.99. The second-order valence-electron chi connectivity index (χ2n) is 6.22. The Morgan fingerprint density at radius 2 is 2.17 bits per heavy atom. The fourth-order valence-corrected chi connectivity index (χ4v) is 4.05. The number of halogens is 1. The van der Waals surface area contributed by atoms with E-state index < -0.39 is 5.97 Å². The van der Waals surface area contributed by atoms with Crippen LogP contribution in [0.25, 0.3) is 21.7 Å². The Morgan fingerprint density at radius 1 is 1.30 bits per heavy atom. The van der Waals surface area contributed by atoms with Crippen molar-refractivity contribution in [2.24, 2.45) is 0 Å². The highest BCUT2D eigenvalue weighted by Gasteiger charge is 2.18. The highest BCUT2D eigenvalue weighted by Crippen LogP contribution is 2.35. The predicted molar refractivity (Wildman–Crippen MR) is 113 cm³/mol. The Hall–Kier alpha value is -3.41. The van der Waals surface area contributed by atoms with Crippen molar-refractivity contribution in [3.05, 3.63) is 81.5 Å². The van der Waals surface area contributed by atoms with Gasteiger partial charge in [0.2, 0.25) is 5.88 Å². The SMILES string of the molecule is N#Cc1c(-c2ccoc2)cc(-c2cccs2)nc1OCc1ccc(C(=O)[O-])cc1Br. The van der Waals surface area contributed by atoms with Crippen molar-refractivity contribution in [3.8, 4) is 33.6 Å². The summed E-state index contributed by atoms with van der Waals surface area (Å²) < 4.78 is 11.7.